The van der Waals surface area contributed by atoms with Gasteiger partial charge in [0.2, 0.25) is 0 Å². The summed E-state index contributed by atoms with van der Waals surface area (Å²) < 4.78 is 18.4. The van der Waals surface area contributed by atoms with Crippen LogP contribution in [0.5, 0.6) is 17.2 Å². The molecule has 1 atom stereocenters. The maximum absolute atomic E-state index is 13.0. The molecule has 0 saturated carbocycles. The van der Waals surface area contributed by atoms with Crippen LogP contribution in [0.2, 0.25) is 0 Å². The van der Waals surface area contributed by atoms with Crippen LogP contribution in [0.3, 0.4) is 0 Å². The molecule has 0 aliphatic rings. The lowest BCUT2D eigenvalue weighted by atomic mass is 10.0. The first kappa shape index (κ1) is 37.2. The van der Waals surface area contributed by atoms with E-state index in [9.17, 15) is 24.3 Å². The van der Waals surface area contributed by atoms with E-state index in [-0.39, 0.29) is 29.4 Å². The van der Waals surface area contributed by atoms with Gasteiger partial charge in [0.15, 0.2) is 11.5 Å². The quantitative estimate of drug-likeness (QED) is 0.0607. The van der Waals surface area contributed by atoms with E-state index in [2.05, 4.69) is 22.7 Å². The fraction of sp³-hybridized carbons (Fsp3) is 0.342. The van der Waals surface area contributed by atoms with Gasteiger partial charge < -0.3 is 30.0 Å². The van der Waals surface area contributed by atoms with E-state index in [0.29, 0.717) is 41.4 Å². The molecule has 12 nitrogen and oxygen atoms in total. The Kier molecular flexibility index (Phi) is 13.5. The Bertz CT molecular complexity index is 1770. The Morgan fingerprint density at radius 3 is 2.20 bits per heavy atom. The van der Waals surface area contributed by atoms with Crippen molar-refractivity contribution in [2.75, 3.05) is 19.0 Å². The number of carbonyl (C=O) groups excluding carboxylic acids is 3. The van der Waals surface area contributed by atoms with E-state index >= 15 is 0 Å². The summed E-state index contributed by atoms with van der Waals surface area (Å²) in [5.74, 6) is -1.71. The average molecular weight is 685 g/mol. The molecule has 4 aromatic rings. The molecule has 2 amide bonds. The molecule has 264 valence electrons. The molecule has 0 aliphatic carbocycles. The molecule has 1 unspecified atom stereocenters. The largest absolute Gasteiger partial charge is 0.494 e. The summed E-state index contributed by atoms with van der Waals surface area (Å²) in [5, 5.41) is 19.5. The van der Waals surface area contributed by atoms with Crippen molar-refractivity contribution in [3.63, 3.8) is 0 Å². The number of hydrogen-bond acceptors (Lipinski definition) is 8. The lowest BCUT2D eigenvalue weighted by Crippen LogP contribution is -2.42. The van der Waals surface area contributed by atoms with E-state index in [1.54, 1.807) is 66.2 Å². The van der Waals surface area contributed by atoms with Gasteiger partial charge in [-0.3, -0.25) is 14.3 Å². The molecule has 0 spiro atoms. The first-order chi connectivity index (χ1) is 24.1. The number of aromatic nitrogens is 2. The zero-order valence-corrected chi connectivity index (χ0v) is 28.9. The lowest BCUT2D eigenvalue weighted by Gasteiger charge is -2.16. The predicted molar refractivity (Wildman–Crippen MR) is 188 cm³/mol. The number of ether oxygens (including phenoxy) is 3. The van der Waals surface area contributed by atoms with Gasteiger partial charge in [-0.2, -0.15) is 5.10 Å². The number of amides is 2. The number of esters is 1. The summed E-state index contributed by atoms with van der Waals surface area (Å²) in [5.41, 5.74) is 2.68. The van der Waals surface area contributed by atoms with Crippen LogP contribution in [-0.2, 0) is 17.8 Å². The number of unbranched alkanes of at least 4 members (excludes halogenated alkanes) is 4. The molecule has 0 aliphatic heterocycles. The SMILES string of the molecule is CCCCCCCOc1ccc(C(=O)Oc2ccc(CC(NC(=O)c3ccc(NC(=O)c4cc(C)nn4CC)cc3)C(=O)O)cc2OC)cc1. The number of nitrogens with one attached hydrogen (secondary N) is 2. The van der Waals surface area contributed by atoms with Crippen molar-refractivity contribution < 1.29 is 38.5 Å². The van der Waals surface area contributed by atoms with Gasteiger partial charge in [-0.15, -0.1) is 0 Å². The number of carbonyl (C=O) groups is 4. The van der Waals surface area contributed by atoms with Gasteiger partial charge in [-0.05, 0) is 92.6 Å². The Morgan fingerprint density at radius 1 is 0.840 bits per heavy atom. The molecule has 0 fully saturated rings. The Balaban J connectivity index is 1.33. The topological polar surface area (TPSA) is 158 Å². The van der Waals surface area contributed by atoms with Gasteiger partial charge in [0.1, 0.15) is 17.5 Å². The first-order valence-electron chi connectivity index (χ1n) is 16.7. The third-order valence-corrected chi connectivity index (χ3v) is 7.92. The van der Waals surface area contributed by atoms with E-state index in [0.717, 1.165) is 18.5 Å². The Labute approximate surface area is 291 Å². The van der Waals surface area contributed by atoms with Gasteiger partial charge in [-0.1, -0.05) is 38.7 Å². The fourth-order valence-electron chi connectivity index (χ4n) is 5.21. The van der Waals surface area contributed by atoms with Crippen LogP contribution in [0, 0.1) is 6.92 Å². The Morgan fingerprint density at radius 2 is 1.54 bits per heavy atom. The molecular weight excluding hydrogens is 640 g/mol. The number of aliphatic carboxylic acids is 1. The average Bonchev–Trinajstić information content (AvgIpc) is 3.51. The minimum absolute atomic E-state index is 0.0651. The summed E-state index contributed by atoms with van der Waals surface area (Å²) in [6, 6.07) is 17.9. The van der Waals surface area contributed by atoms with E-state index in [1.807, 2.05) is 6.92 Å². The highest BCUT2D eigenvalue weighted by atomic mass is 16.6. The minimum atomic E-state index is -1.27. The number of aryl methyl sites for hydroxylation is 2. The van der Waals surface area contributed by atoms with Gasteiger partial charge in [0.05, 0.1) is 25.0 Å². The maximum atomic E-state index is 13.0. The molecule has 12 heteroatoms. The second kappa shape index (κ2) is 18.2. The van der Waals surface area contributed by atoms with Crippen molar-refractivity contribution in [3.8, 4) is 17.2 Å². The van der Waals surface area contributed by atoms with Gasteiger partial charge in [0, 0.05) is 24.2 Å². The smallest absolute Gasteiger partial charge is 0.343 e. The lowest BCUT2D eigenvalue weighted by molar-refractivity contribution is -0.139. The third kappa shape index (κ3) is 10.4. The number of hydrogen-bond donors (Lipinski definition) is 3. The second-order valence-corrected chi connectivity index (χ2v) is 11.7. The Hall–Kier alpha value is -5.65. The zero-order valence-electron chi connectivity index (χ0n) is 28.9. The first-order valence-corrected chi connectivity index (χ1v) is 16.7. The molecule has 4 rings (SSSR count). The number of anilines is 1. The number of benzene rings is 3. The van der Waals surface area contributed by atoms with Crippen molar-refractivity contribution in [2.45, 2.75) is 71.9 Å². The van der Waals surface area contributed by atoms with Gasteiger partial charge in [0.25, 0.3) is 11.8 Å². The maximum Gasteiger partial charge on any atom is 0.343 e. The summed E-state index contributed by atoms with van der Waals surface area (Å²) in [4.78, 5) is 50.7. The summed E-state index contributed by atoms with van der Waals surface area (Å²) in [6.45, 7) is 7.02. The normalized spacial score (nSPS) is 11.4. The number of methoxy groups -OCH3 is 1. The monoisotopic (exact) mass is 684 g/mol. The van der Waals surface area contributed by atoms with Crippen molar-refractivity contribution in [3.05, 3.63) is 101 Å². The highest BCUT2D eigenvalue weighted by molar-refractivity contribution is 6.03. The summed E-state index contributed by atoms with van der Waals surface area (Å²) in [6.07, 6.45) is 5.64. The van der Waals surface area contributed by atoms with Crippen LogP contribution in [0.25, 0.3) is 0 Å². The molecule has 50 heavy (non-hydrogen) atoms. The molecule has 3 N–H and O–H groups in total. The molecular formula is C38H44N4O8. The third-order valence-electron chi connectivity index (χ3n) is 7.92. The number of carboxylic acids is 1. The second-order valence-electron chi connectivity index (χ2n) is 11.7. The zero-order chi connectivity index (χ0) is 36.0. The van der Waals surface area contributed by atoms with Crippen molar-refractivity contribution >= 4 is 29.4 Å². The number of nitrogens with zero attached hydrogens (tertiary/aromatic N) is 2. The predicted octanol–water partition coefficient (Wildman–Crippen LogP) is 6.47. The van der Waals surface area contributed by atoms with Crippen LogP contribution in [0.15, 0.2) is 72.8 Å². The molecule has 0 radical (unpaired) electrons. The fourth-order valence-corrected chi connectivity index (χ4v) is 5.21. The number of carboxylic acid groups (broad SMARTS) is 1. The summed E-state index contributed by atoms with van der Waals surface area (Å²) in [7, 11) is 1.41. The van der Waals surface area contributed by atoms with Crippen LogP contribution in [0.4, 0.5) is 5.69 Å². The number of rotatable bonds is 18. The van der Waals surface area contributed by atoms with Crippen LogP contribution in [-0.4, -0.2) is 58.4 Å². The van der Waals surface area contributed by atoms with Crippen molar-refractivity contribution in [2.24, 2.45) is 0 Å². The van der Waals surface area contributed by atoms with E-state index in [4.69, 9.17) is 14.2 Å². The molecule has 0 saturated heterocycles. The minimum Gasteiger partial charge on any atom is -0.494 e. The molecule has 3 aromatic carbocycles. The summed E-state index contributed by atoms with van der Waals surface area (Å²) >= 11 is 0. The molecule has 1 heterocycles. The van der Waals surface area contributed by atoms with Gasteiger partial charge >= 0.3 is 11.9 Å². The molecule has 0 bridgehead atoms. The van der Waals surface area contributed by atoms with Crippen molar-refractivity contribution in [1.29, 1.82) is 0 Å². The van der Waals surface area contributed by atoms with E-state index in [1.165, 1.54) is 44.6 Å². The van der Waals surface area contributed by atoms with Gasteiger partial charge in [-0.25, -0.2) is 9.59 Å². The van der Waals surface area contributed by atoms with Crippen molar-refractivity contribution in [1.82, 2.24) is 15.1 Å². The van der Waals surface area contributed by atoms with E-state index < -0.39 is 23.9 Å². The van der Waals surface area contributed by atoms with Crippen LogP contribution in [0.1, 0.15) is 88.4 Å². The standard InChI is InChI=1S/C38H44N4O8/c1-5-7-8-9-10-21-49-30-18-14-28(15-19-30)38(47)50-33-20-11-26(24-34(33)48-4)23-31(37(45)46)40-35(43)27-12-16-29(17-13-27)39-36(44)32-22-25(3)41-42(32)6-2/h11-20,22,24,31H,5-10,21,23H2,1-4H3,(H,39,44)(H,40,43)(H,45,46). The van der Waals surface area contributed by atoms with Crippen LogP contribution >= 0.6 is 0 Å². The highest BCUT2D eigenvalue weighted by Gasteiger charge is 2.23. The highest BCUT2D eigenvalue weighted by Crippen LogP contribution is 2.30. The van der Waals surface area contributed by atoms with Crippen LogP contribution < -0.4 is 24.8 Å². The molecule has 1 aromatic heterocycles.